The van der Waals surface area contributed by atoms with Gasteiger partial charge in [-0.05, 0) is 42.9 Å². The largest absolute Gasteiger partial charge is 0.384 e. The van der Waals surface area contributed by atoms with Crippen LogP contribution in [0.1, 0.15) is 65.4 Å². The predicted octanol–water partition coefficient (Wildman–Crippen LogP) is 3.33. The summed E-state index contributed by atoms with van der Waals surface area (Å²) in [6.07, 6.45) is 2.65. The summed E-state index contributed by atoms with van der Waals surface area (Å²) in [6.45, 7) is 9.98. The number of nitrogens with zero attached hydrogens (tertiary/aromatic N) is 2. The number of likely N-dealkylation sites (tertiary alicyclic amines) is 2. The number of nitrogens with one attached hydrogen (secondary N) is 1. The average Bonchev–Trinajstić information content (AvgIpc) is 3.32. The lowest BCUT2D eigenvalue weighted by molar-refractivity contribution is -0.156. The van der Waals surface area contributed by atoms with E-state index in [1.54, 1.807) is 21.9 Å². The van der Waals surface area contributed by atoms with Crippen LogP contribution in [0.3, 0.4) is 0 Å². The van der Waals surface area contributed by atoms with Gasteiger partial charge in [-0.1, -0.05) is 51.4 Å². The van der Waals surface area contributed by atoms with E-state index in [2.05, 4.69) is 5.32 Å². The molecule has 2 atom stereocenters. The lowest BCUT2D eigenvalue weighted by atomic mass is 9.66. The first kappa shape index (κ1) is 26.5. The molecule has 7 nitrogen and oxygen atoms in total. The quantitative estimate of drug-likeness (QED) is 0.612. The van der Waals surface area contributed by atoms with Crippen LogP contribution in [-0.2, 0) is 20.0 Å². The van der Waals surface area contributed by atoms with Crippen LogP contribution in [-0.4, -0.2) is 64.8 Å². The molecule has 3 rings (SSSR count). The molecular formula is C26H38ClN3O4. The van der Waals surface area contributed by atoms with Crippen molar-refractivity contribution in [3.8, 4) is 0 Å². The molecule has 2 heterocycles. The van der Waals surface area contributed by atoms with Crippen LogP contribution in [0.2, 0.25) is 5.02 Å². The molecule has 0 aliphatic carbocycles. The Hall–Kier alpha value is -2.12. The Morgan fingerprint density at radius 1 is 1.03 bits per heavy atom. The van der Waals surface area contributed by atoms with Crippen molar-refractivity contribution < 1.29 is 19.5 Å². The van der Waals surface area contributed by atoms with E-state index in [-0.39, 0.29) is 36.5 Å². The van der Waals surface area contributed by atoms with Gasteiger partial charge < -0.3 is 20.2 Å². The van der Waals surface area contributed by atoms with Crippen molar-refractivity contribution in [2.45, 2.75) is 71.4 Å². The molecule has 0 spiro atoms. The zero-order chi connectivity index (χ0) is 25.1. The Labute approximate surface area is 207 Å². The van der Waals surface area contributed by atoms with Gasteiger partial charge in [-0.3, -0.25) is 14.4 Å². The molecule has 0 aromatic heterocycles. The van der Waals surface area contributed by atoms with Crippen LogP contribution in [0.4, 0.5) is 0 Å². The van der Waals surface area contributed by atoms with E-state index < -0.39 is 17.1 Å². The molecule has 0 saturated carbocycles. The number of halogens is 1. The summed E-state index contributed by atoms with van der Waals surface area (Å²) < 4.78 is 0. The van der Waals surface area contributed by atoms with E-state index in [9.17, 15) is 19.5 Å². The van der Waals surface area contributed by atoms with Gasteiger partial charge in [0.05, 0.1) is 5.60 Å². The zero-order valence-electron chi connectivity index (χ0n) is 20.8. The standard InChI is InChI=1S/C26H38ClN3O4/c1-18(2)23(28-21(31)11-12-22(32)29-14-5-6-15-29)24(33)30-16-13-26(34,25(3,4)17-30)19-7-9-20(27)10-8-19/h7-10,18,23,34H,5-6,11-17H2,1-4H3,(H,28,31)/t23-,26+/m1/s1. The first-order chi connectivity index (χ1) is 15.9. The second-order valence-electron chi connectivity index (χ2n) is 10.6. The van der Waals surface area contributed by atoms with Gasteiger partial charge in [0, 0.05) is 49.5 Å². The number of aliphatic hydroxyl groups is 1. The molecule has 2 aliphatic rings. The van der Waals surface area contributed by atoms with E-state index in [1.807, 2.05) is 39.8 Å². The van der Waals surface area contributed by atoms with Crippen LogP contribution in [0.15, 0.2) is 24.3 Å². The molecule has 1 aromatic carbocycles. The Kier molecular flexibility index (Phi) is 8.30. The minimum absolute atomic E-state index is 0.000612. The summed E-state index contributed by atoms with van der Waals surface area (Å²) >= 11 is 6.02. The van der Waals surface area contributed by atoms with Crippen molar-refractivity contribution in [1.82, 2.24) is 15.1 Å². The molecule has 1 aromatic rings. The molecule has 188 valence electrons. The summed E-state index contributed by atoms with van der Waals surface area (Å²) in [7, 11) is 0. The third kappa shape index (κ3) is 5.74. The fraction of sp³-hybridized carbons (Fsp3) is 0.654. The second-order valence-corrected chi connectivity index (χ2v) is 11.1. The maximum Gasteiger partial charge on any atom is 0.245 e. The van der Waals surface area contributed by atoms with Crippen molar-refractivity contribution >= 4 is 29.3 Å². The number of carbonyl (C=O) groups is 3. The predicted molar refractivity (Wildman–Crippen MR) is 132 cm³/mol. The topological polar surface area (TPSA) is 90.0 Å². The molecule has 0 bridgehead atoms. The van der Waals surface area contributed by atoms with Crippen molar-refractivity contribution in [1.29, 1.82) is 0 Å². The molecule has 2 aliphatic heterocycles. The van der Waals surface area contributed by atoms with Gasteiger partial charge in [0.15, 0.2) is 0 Å². The second kappa shape index (κ2) is 10.6. The minimum Gasteiger partial charge on any atom is -0.384 e. The van der Waals surface area contributed by atoms with E-state index in [0.29, 0.717) is 24.5 Å². The highest BCUT2D eigenvalue weighted by Crippen LogP contribution is 2.46. The molecule has 8 heteroatoms. The number of amides is 3. The van der Waals surface area contributed by atoms with Gasteiger partial charge in [0.1, 0.15) is 6.04 Å². The maximum atomic E-state index is 13.4. The average molecular weight is 492 g/mol. The van der Waals surface area contributed by atoms with Gasteiger partial charge in [0.25, 0.3) is 0 Å². The Balaban J connectivity index is 1.62. The van der Waals surface area contributed by atoms with Crippen LogP contribution < -0.4 is 5.32 Å². The molecule has 34 heavy (non-hydrogen) atoms. The molecule has 2 saturated heterocycles. The third-order valence-corrected chi connectivity index (χ3v) is 7.61. The summed E-state index contributed by atoms with van der Waals surface area (Å²) in [4.78, 5) is 41.8. The van der Waals surface area contributed by atoms with E-state index in [4.69, 9.17) is 11.6 Å². The molecular weight excluding hydrogens is 454 g/mol. The number of benzene rings is 1. The molecule has 0 unspecified atom stereocenters. The van der Waals surface area contributed by atoms with Crippen molar-refractivity contribution in [2.75, 3.05) is 26.2 Å². The van der Waals surface area contributed by atoms with Crippen molar-refractivity contribution in [2.24, 2.45) is 11.3 Å². The third-order valence-electron chi connectivity index (χ3n) is 7.36. The van der Waals surface area contributed by atoms with Crippen molar-refractivity contribution in [3.05, 3.63) is 34.9 Å². The summed E-state index contributed by atoms with van der Waals surface area (Å²) in [5, 5.41) is 15.1. The summed E-state index contributed by atoms with van der Waals surface area (Å²) in [5.41, 5.74) is -0.922. The van der Waals surface area contributed by atoms with Gasteiger partial charge in [-0.15, -0.1) is 0 Å². The van der Waals surface area contributed by atoms with E-state index in [0.717, 1.165) is 31.5 Å². The first-order valence-corrected chi connectivity index (χ1v) is 12.7. The maximum absolute atomic E-state index is 13.4. The Morgan fingerprint density at radius 2 is 1.65 bits per heavy atom. The smallest absolute Gasteiger partial charge is 0.245 e. The Morgan fingerprint density at radius 3 is 2.21 bits per heavy atom. The first-order valence-electron chi connectivity index (χ1n) is 12.3. The fourth-order valence-corrected chi connectivity index (χ4v) is 5.20. The minimum atomic E-state index is -1.10. The molecule has 3 amide bonds. The number of piperidine rings is 1. The molecule has 0 radical (unpaired) electrons. The zero-order valence-corrected chi connectivity index (χ0v) is 21.5. The van der Waals surface area contributed by atoms with Gasteiger partial charge in [-0.25, -0.2) is 0 Å². The number of hydrogen-bond acceptors (Lipinski definition) is 4. The van der Waals surface area contributed by atoms with Crippen LogP contribution in [0.25, 0.3) is 0 Å². The lowest BCUT2D eigenvalue weighted by Crippen LogP contribution is -2.60. The Bertz CT molecular complexity index is 896. The SMILES string of the molecule is CC(C)[C@@H](NC(=O)CCC(=O)N1CCCC1)C(=O)N1CC[C@](O)(c2ccc(Cl)cc2)C(C)(C)C1. The molecule has 2 fully saturated rings. The highest BCUT2D eigenvalue weighted by molar-refractivity contribution is 6.30. The highest BCUT2D eigenvalue weighted by atomic mass is 35.5. The number of hydrogen-bond donors (Lipinski definition) is 2. The van der Waals surface area contributed by atoms with Crippen LogP contribution in [0, 0.1) is 11.3 Å². The summed E-state index contributed by atoms with van der Waals surface area (Å²) in [6, 6.07) is 6.53. The number of rotatable bonds is 7. The normalized spacial score (nSPS) is 23.1. The van der Waals surface area contributed by atoms with Gasteiger partial charge in [0.2, 0.25) is 17.7 Å². The van der Waals surface area contributed by atoms with Gasteiger partial charge >= 0.3 is 0 Å². The highest BCUT2D eigenvalue weighted by Gasteiger charge is 2.50. The van der Waals surface area contributed by atoms with Crippen molar-refractivity contribution in [3.63, 3.8) is 0 Å². The van der Waals surface area contributed by atoms with Crippen LogP contribution >= 0.6 is 11.6 Å². The summed E-state index contributed by atoms with van der Waals surface area (Å²) in [5.74, 6) is -0.542. The monoisotopic (exact) mass is 491 g/mol. The van der Waals surface area contributed by atoms with Gasteiger partial charge in [-0.2, -0.15) is 0 Å². The lowest BCUT2D eigenvalue weighted by Gasteiger charge is -2.51. The number of carbonyl (C=O) groups excluding carboxylic acids is 3. The van der Waals surface area contributed by atoms with Crippen LogP contribution in [0.5, 0.6) is 0 Å². The fourth-order valence-electron chi connectivity index (χ4n) is 5.07. The van der Waals surface area contributed by atoms with E-state index in [1.165, 1.54) is 0 Å². The van der Waals surface area contributed by atoms with E-state index >= 15 is 0 Å². The molecule has 2 N–H and O–H groups in total.